The zero-order valence-electron chi connectivity index (χ0n) is 7.29. The number of nitrogens with two attached hydrogens (primary N) is 1. The minimum Gasteiger partial charge on any atom is -0.396 e. The molecule has 3 N–H and O–H groups in total. The molecule has 0 unspecified atom stereocenters. The van der Waals surface area contributed by atoms with Gasteiger partial charge < -0.3 is 15.6 Å². The fourth-order valence-electron chi connectivity index (χ4n) is 0.768. The molecule has 4 nitrogen and oxygen atoms in total. The van der Waals surface area contributed by atoms with Crippen LogP contribution in [0.4, 0.5) is 0 Å². The van der Waals surface area contributed by atoms with Crippen LogP contribution in [0.25, 0.3) is 0 Å². The summed E-state index contributed by atoms with van der Waals surface area (Å²) in [6.45, 7) is 1.29. The number of unbranched alkanes of at least 4 members (excludes halogenated alkanes) is 2. The first kappa shape index (κ1) is 11.4. The molecule has 0 bridgehead atoms. The molecule has 0 aromatic carbocycles. The molecule has 0 fully saturated rings. The van der Waals surface area contributed by atoms with Gasteiger partial charge in [-0.05, 0) is 19.3 Å². The number of aliphatic hydroxyl groups excluding tert-OH is 1. The Morgan fingerprint density at radius 1 is 1.25 bits per heavy atom. The average molecular weight is 175 g/mol. The molecule has 12 heavy (non-hydrogen) atoms. The number of rotatable bonds is 8. The molecule has 0 spiro atoms. The van der Waals surface area contributed by atoms with E-state index in [0.717, 1.165) is 19.3 Å². The molecule has 0 rings (SSSR count). The Morgan fingerprint density at radius 3 is 2.58 bits per heavy atom. The van der Waals surface area contributed by atoms with Crippen LogP contribution in [0.2, 0.25) is 0 Å². The Bertz CT molecular complexity index is 117. The van der Waals surface area contributed by atoms with Crippen LogP contribution in [-0.4, -0.2) is 30.8 Å². The second-order valence-corrected chi connectivity index (χ2v) is 2.61. The average Bonchev–Trinajstić information content (AvgIpc) is 2.02. The number of carbonyl (C=O) groups excluding carboxylic acids is 1. The van der Waals surface area contributed by atoms with E-state index >= 15 is 0 Å². The minimum absolute atomic E-state index is 0.237. The normalized spacial score (nSPS) is 10.1. The van der Waals surface area contributed by atoms with E-state index in [1.54, 1.807) is 0 Å². The van der Waals surface area contributed by atoms with E-state index in [9.17, 15) is 4.79 Å². The maximum Gasteiger partial charge on any atom is 0.219 e. The number of carbonyl (C=O) groups is 1. The molecular weight excluding hydrogens is 158 g/mol. The molecule has 0 aliphatic rings. The number of primary amides is 1. The van der Waals surface area contributed by atoms with E-state index in [2.05, 4.69) is 0 Å². The number of amides is 1. The van der Waals surface area contributed by atoms with Crippen LogP contribution in [0, 0.1) is 0 Å². The molecule has 0 heterocycles. The van der Waals surface area contributed by atoms with Crippen molar-refractivity contribution in [2.45, 2.75) is 25.7 Å². The summed E-state index contributed by atoms with van der Waals surface area (Å²) >= 11 is 0. The first-order chi connectivity index (χ1) is 5.77. The third-order valence-electron chi connectivity index (χ3n) is 1.44. The van der Waals surface area contributed by atoms with Crippen molar-refractivity contribution in [3.63, 3.8) is 0 Å². The first-order valence-corrected chi connectivity index (χ1v) is 4.24. The molecule has 0 saturated carbocycles. The second kappa shape index (κ2) is 8.49. The van der Waals surface area contributed by atoms with E-state index in [4.69, 9.17) is 15.6 Å². The topological polar surface area (TPSA) is 72.6 Å². The molecule has 0 aromatic heterocycles. The van der Waals surface area contributed by atoms with Gasteiger partial charge in [0, 0.05) is 19.6 Å². The van der Waals surface area contributed by atoms with Crippen LogP contribution in [0.15, 0.2) is 0 Å². The summed E-state index contributed by atoms with van der Waals surface area (Å²) in [5.74, 6) is -0.328. The lowest BCUT2D eigenvalue weighted by molar-refractivity contribution is -0.119. The molecule has 0 aliphatic carbocycles. The summed E-state index contributed by atoms with van der Waals surface area (Å²) in [4.78, 5) is 10.2. The molecule has 1 amide bonds. The summed E-state index contributed by atoms with van der Waals surface area (Å²) in [7, 11) is 0. The lowest BCUT2D eigenvalue weighted by Crippen LogP contribution is -2.13. The van der Waals surface area contributed by atoms with Gasteiger partial charge in [-0.1, -0.05) is 0 Å². The smallest absolute Gasteiger partial charge is 0.219 e. The fraction of sp³-hybridized carbons (Fsp3) is 0.875. The third-order valence-corrected chi connectivity index (χ3v) is 1.44. The van der Waals surface area contributed by atoms with E-state index in [-0.39, 0.29) is 12.5 Å². The van der Waals surface area contributed by atoms with E-state index in [1.807, 2.05) is 0 Å². The van der Waals surface area contributed by atoms with Crippen molar-refractivity contribution in [3.05, 3.63) is 0 Å². The van der Waals surface area contributed by atoms with Crippen LogP contribution in [0.3, 0.4) is 0 Å². The van der Waals surface area contributed by atoms with Gasteiger partial charge >= 0.3 is 0 Å². The van der Waals surface area contributed by atoms with E-state index < -0.39 is 0 Å². The van der Waals surface area contributed by atoms with Crippen molar-refractivity contribution in [1.29, 1.82) is 0 Å². The summed E-state index contributed by atoms with van der Waals surface area (Å²) in [6.07, 6.45) is 3.01. The molecule has 4 heteroatoms. The Kier molecular flexibility index (Phi) is 8.05. The number of hydrogen-bond donors (Lipinski definition) is 2. The number of hydrogen-bond acceptors (Lipinski definition) is 3. The van der Waals surface area contributed by atoms with Gasteiger partial charge in [-0.15, -0.1) is 0 Å². The standard InChI is InChI=1S/C8H17NO3/c9-8(11)4-7-12-6-3-1-2-5-10/h10H,1-7H2,(H2,9,11). The van der Waals surface area contributed by atoms with Gasteiger partial charge in [0.1, 0.15) is 0 Å². The highest BCUT2D eigenvalue weighted by Gasteiger charge is 1.93. The fourth-order valence-corrected chi connectivity index (χ4v) is 0.768. The van der Waals surface area contributed by atoms with Crippen LogP contribution in [0.5, 0.6) is 0 Å². The van der Waals surface area contributed by atoms with E-state index in [1.165, 1.54) is 0 Å². The maximum absolute atomic E-state index is 10.2. The SMILES string of the molecule is NC(=O)CCOCCCCCO. The highest BCUT2D eigenvalue weighted by molar-refractivity contribution is 5.73. The molecule has 72 valence electrons. The van der Waals surface area contributed by atoms with Crippen molar-refractivity contribution < 1.29 is 14.6 Å². The second-order valence-electron chi connectivity index (χ2n) is 2.61. The Hall–Kier alpha value is -0.610. The zero-order chi connectivity index (χ0) is 9.23. The number of ether oxygens (including phenoxy) is 1. The molecule has 0 atom stereocenters. The van der Waals surface area contributed by atoms with Gasteiger partial charge in [0.2, 0.25) is 5.91 Å². The lowest BCUT2D eigenvalue weighted by Gasteiger charge is -2.01. The van der Waals surface area contributed by atoms with Gasteiger partial charge in [-0.25, -0.2) is 0 Å². The highest BCUT2D eigenvalue weighted by Crippen LogP contribution is 1.94. The maximum atomic E-state index is 10.2. The van der Waals surface area contributed by atoms with Crippen molar-refractivity contribution in [2.24, 2.45) is 5.73 Å². The largest absolute Gasteiger partial charge is 0.396 e. The van der Waals surface area contributed by atoms with Crippen LogP contribution in [-0.2, 0) is 9.53 Å². The molecule has 0 aliphatic heterocycles. The Balaban J connectivity index is 2.86. The molecule has 0 aromatic rings. The molecule has 0 saturated heterocycles. The van der Waals surface area contributed by atoms with Crippen molar-refractivity contribution in [1.82, 2.24) is 0 Å². The van der Waals surface area contributed by atoms with Gasteiger partial charge in [0.05, 0.1) is 6.61 Å². The number of aliphatic hydroxyl groups is 1. The molecule has 0 radical (unpaired) electrons. The summed E-state index contributed by atoms with van der Waals surface area (Å²) < 4.78 is 5.11. The summed E-state index contributed by atoms with van der Waals surface area (Å²) in [5.41, 5.74) is 4.90. The summed E-state index contributed by atoms with van der Waals surface area (Å²) in [6, 6.07) is 0. The van der Waals surface area contributed by atoms with Gasteiger partial charge in [0.15, 0.2) is 0 Å². The van der Waals surface area contributed by atoms with Crippen LogP contribution in [0.1, 0.15) is 25.7 Å². The van der Waals surface area contributed by atoms with Crippen molar-refractivity contribution in [3.8, 4) is 0 Å². The minimum atomic E-state index is -0.328. The van der Waals surface area contributed by atoms with Crippen LogP contribution < -0.4 is 5.73 Å². The van der Waals surface area contributed by atoms with Crippen molar-refractivity contribution >= 4 is 5.91 Å². The van der Waals surface area contributed by atoms with Gasteiger partial charge in [0.25, 0.3) is 0 Å². The Labute approximate surface area is 72.7 Å². The summed E-state index contributed by atoms with van der Waals surface area (Å²) in [5, 5.41) is 8.44. The quantitative estimate of drug-likeness (QED) is 0.512. The zero-order valence-corrected chi connectivity index (χ0v) is 7.29. The van der Waals surface area contributed by atoms with Crippen LogP contribution >= 0.6 is 0 Å². The predicted molar refractivity (Wildman–Crippen MR) is 45.6 cm³/mol. The van der Waals surface area contributed by atoms with E-state index in [0.29, 0.717) is 19.6 Å². The highest BCUT2D eigenvalue weighted by atomic mass is 16.5. The Morgan fingerprint density at radius 2 is 2.00 bits per heavy atom. The third kappa shape index (κ3) is 9.39. The molecular formula is C8H17NO3. The lowest BCUT2D eigenvalue weighted by atomic mass is 10.2. The van der Waals surface area contributed by atoms with Gasteiger partial charge in [-0.2, -0.15) is 0 Å². The predicted octanol–water partition coefficient (Wildman–Crippen LogP) is 0.0410. The van der Waals surface area contributed by atoms with Crippen molar-refractivity contribution in [2.75, 3.05) is 19.8 Å². The first-order valence-electron chi connectivity index (χ1n) is 4.24. The van der Waals surface area contributed by atoms with Gasteiger partial charge in [-0.3, -0.25) is 4.79 Å². The monoisotopic (exact) mass is 175 g/mol.